The maximum atomic E-state index is 13.4. The molecule has 0 bridgehead atoms. The molecule has 1 amide bonds. The molecule has 1 fully saturated rings. The normalized spacial score (nSPS) is 14.8. The smallest absolute Gasteiger partial charge is 0.268 e. The number of nitrogens with zero attached hydrogens (tertiary/aromatic N) is 4. The molecule has 1 aliphatic rings. The van der Waals surface area contributed by atoms with Crippen molar-refractivity contribution in [2.24, 2.45) is 0 Å². The fourth-order valence-electron chi connectivity index (χ4n) is 3.35. The largest absolute Gasteiger partial charge is 0.354 e. The summed E-state index contributed by atoms with van der Waals surface area (Å²) in [5.41, 5.74) is 1.59. The monoisotopic (exact) mass is 410 g/mol. The quantitative estimate of drug-likeness (QED) is 0.640. The van der Waals surface area contributed by atoms with E-state index in [1.165, 1.54) is 23.5 Å². The molecule has 4 rings (SSSR count). The van der Waals surface area contributed by atoms with E-state index in [0.717, 1.165) is 37.6 Å². The Morgan fingerprint density at radius 1 is 1.10 bits per heavy atom. The van der Waals surface area contributed by atoms with E-state index in [2.05, 4.69) is 21.8 Å². The van der Waals surface area contributed by atoms with Gasteiger partial charge in [-0.1, -0.05) is 12.1 Å². The van der Waals surface area contributed by atoms with Crippen LogP contribution >= 0.6 is 11.3 Å². The fourth-order valence-corrected chi connectivity index (χ4v) is 4.02. The zero-order valence-corrected chi connectivity index (χ0v) is 17.1. The second kappa shape index (κ2) is 8.71. The van der Waals surface area contributed by atoms with Crippen LogP contribution in [-0.2, 0) is 6.54 Å². The van der Waals surface area contributed by atoms with Gasteiger partial charge in [0.1, 0.15) is 11.6 Å². The SMILES string of the molecule is CN1CCN(c2ccc(CN(C(=O)c3cccs3)c3ccc(F)cc3)cn2)CC1. The van der Waals surface area contributed by atoms with Crippen molar-refractivity contribution in [1.29, 1.82) is 0 Å². The third-order valence-corrected chi connectivity index (χ3v) is 5.95. The highest BCUT2D eigenvalue weighted by molar-refractivity contribution is 7.12. The lowest BCUT2D eigenvalue weighted by molar-refractivity contribution is 0.0989. The van der Waals surface area contributed by atoms with E-state index in [-0.39, 0.29) is 11.7 Å². The molecule has 1 aromatic carbocycles. The molecule has 0 unspecified atom stereocenters. The van der Waals surface area contributed by atoms with Crippen molar-refractivity contribution in [3.05, 3.63) is 76.4 Å². The second-order valence-electron chi connectivity index (χ2n) is 7.16. The number of hydrogen-bond acceptors (Lipinski definition) is 5. The summed E-state index contributed by atoms with van der Waals surface area (Å²) in [5.74, 6) is 0.532. The number of hydrogen-bond donors (Lipinski definition) is 0. The van der Waals surface area contributed by atoms with E-state index in [0.29, 0.717) is 17.1 Å². The van der Waals surface area contributed by atoms with Crippen LogP contribution in [0.3, 0.4) is 0 Å². The predicted octanol–water partition coefficient (Wildman–Crippen LogP) is 3.88. The number of pyridine rings is 1. The van der Waals surface area contributed by atoms with Crippen molar-refractivity contribution in [3.63, 3.8) is 0 Å². The molecule has 0 saturated carbocycles. The average molecular weight is 411 g/mol. The molecule has 150 valence electrons. The summed E-state index contributed by atoms with van der Waals surface area (Å²) in [4.78, 5) is 24.6. The van der Waals surface area contributed by atoms with Gasteiger partial charge in [0.25, 0.3) is 5.91 Å². The summed E-state index contributed by atoms with van der Waals surface area (Å²) < 4.78 is 13.4. The molecule has 5 nitrogen and oxygen atoms in total. The van der Waals surface area contributed by atoms with Crippen LogP contribution in [-0.4, -0.2) is 49.0 Å². The Labute approximate surface area is 174 Å². The summed E-state index contributed by atoms with van der Waals surface area (Å²) in [6.45, 7) is 4.34. The van der Waals surface area contributed by atoms with Crippen molar-refractivity contribution in [2.45, 2.75) is 6.54 Å². The van der Waals surface area contributed by atoms with E-state index in [1.807, 2.05) is 29.8 Å². The van der Waals surface area contributed by atoms with Gasteiger partial charge >= 0.3 is 0 Å². The minimum absolute atomic E-state index is 0.102. The van der Waals surface area contributed by atoms with E-state index in [1.54, 1.807) is 23.1 Å². The first-order chi connectivity index (χ1) is 14.1. The minimum atomic E-state index is -0.324. The number of carbonyl (C=O) groups excluding carboxylic acids is 1. The molecule has 0 N–H and O–H groups in total. The molecule has 0 atom stereocenters. The van der Waals surface area contributed by atoms with Crippen LogP contribution in [0.5, 0.6) is 0 Å². The van der Waals surface area contributed by atoms with Gasteiger partial charge in [-0.25, -0.2) is 9.37 Å². The number of benzene rings is 1. The lowest BCUT2D eigenvalue weighted by Gasteiger charge is -2.33. The van der Waals surface area contributed by atoms with Gasteiger partial charge in [-0.3, -0.25) is 4.79 Å². The van der Waals surface area contributed by atoms with Crippen molar-refractivity contribution in [1.82, 2.24) is 9.88 Å². The van der Waals surface area contributed by atoms with Crippen LogP contribution in [0.15, 0.2) is 60.1 Å². The van der Waals surface area contributed by atoms with Crippen LogP contribution in [0.25, 0.3) is 0 Å². The topological polar surface area (TPSA) is 39.7 Å². The molecule has 1 aliphatic heterocycles. The average Bonchev–Trinajstić information content (AvgIpc) is 3.28. The number of piperazine rings is 1. The van der Waals surface area contributed by atoms with Crippen molar-refractivity contribution in [3.8, 4) is 0 Å². The lowest BCUT2D eigenvalue weighted by Crippen LogP contribution is -2.44. The van der Waals surface area contributed by atoms with Crippen molar-refractivity contribution in [2.75, 3.05) is 43.0 Å². The zero-order chi connectivity index (χ0) is 20.2. The maximum absolute atomic E-state index is 13.4. The summed E-state index contributed by atoms with van der Waals surface area (Å²) in [7, 11) is 2.13. The van der Waals surface area contributed by atoms with Gasteiger partial charge in [-0.15, -0.1) is 11.3 Å². The summed E-state index contributed by atoms with van der Waals surface area (Å²) in [5, 5.41) is 1.88. The van der Waals surface area contributed by atoms with E-state index in [4.69, 9.17) is 0 Å². The van der Waals surface area contributed by atoms with E-state index in [9.17, 15) is 9.18 Å². The Morgan fingerprint density at radius 2 is 1.86 bits per heavy atom. The number of anilines is 2. The minimum Gasteiger partial charge on any atom is -0.354 e. The molecule has 0 aliphatic carbocycles. The zero-order valence-electron chi connectivity index (χ0n) is 16.3. The van der Waals surface area contributed by atoms with E-state index < -0.39 is 0 Å². The van der Waals surface area contributed by atoms with E-state index >= 15 is 0 Å². The van der Waals surface area contributed by atoms with Crippen molar-refractivity contribution < 1.29 is 9.18 Å². The number of thiophene rings is 1. The second-order valence-corrected chi connectivity index (χ2v) is 8.11. The molecule has 3 heterocycles. The number of rotatable bonds is 5. The first kappa shape index (κ1) is 19.5. The number of likely N-dealkylation sites (N-methyl/N-ethyl adjacent to an activating group) is 1. The molecule has 7 heteroatoms. The Morgan fingerprint density at radius 3 is 2.48 bits per heavy atom. The van der Waals surface area contributed by atoms with Crippen LogP contribution in [0.4, 0.5) is 15.9 Å². The Hall–Kier alpha value is -2.77. The predicted molar refractivity (Wildman–Crippen MR) is 115 cm³/mol. The summed E-state index contributed by atoms with van der Waals surface area (Å²) in [6, 6.07) is 13.7. The van der Waals surface area contributed by atoms with Crippen LogP contribution < -0.4 is 9.80 Å². The van der Waals surface area contributed by atoms with Crippen LogP contribution in [0.2, 0.25) is 0 Å². The van der Waals surface area contributed by atoms with Gasteiger partial charge in [0.05, 0.1) is 11.4 Å². The number of halogens is 1. The Bertz CT molecular complexity index is 936. The molecular formula is C22H23FN4OS. The highest BCUT2D eigenvalue weighted by atomic mass is 32.1. The third kappa shape index (κ3) is 4.63. The van der Waals surface area contributed by atoms with Crippen LogP contribution in [0, 0.1) is 5.82 Å². The molecule has 29 heavy (non-hydrogen) atoms. The molecule has 3 aromatic rings. The van der Waals surface area contributed by atoms with Gasteiger partial charge in [-0.2, -0.15) is 0 Å². The summed E-state index contributed by atoms with van der Waals surface area (Å²) >= 11 is 1.40. The van der Waals surface area contributed by atoms with Gasteiger partial charge in [0.15, 0.2) is 0 Å². The van der Waals surface area contributed by atoms with Gasteiger partial charge in [-0.05, 0) is 54.4 Å². The number of aromatic nitrogens is 1. The highest BCUT2D eigenvalue weighted by Gasteiger charge is 2.20. The first-order valence-corrected chi connectivity index (χ1v) is 10.5. The van der Waals surface area contributed by atoms with Crippen LogP contribution in [0.1, 0.15) is 15.2 Å². The molecule has 0 radical (unpaired) electrons. The fraction of sp³-hybridized carbons (Fsp3) is 0.273. The summed E-state index contributed by atoms with van der Waals surface area (Å²) in [6.07, 6.45) is 1.83. The molecule has 2 aromatic heterocycles. The highest BCUT2D eigenvalue weighted by Crippen LogP contribution is 2.23. The first-order valence-electron chi connectivity index (χ1n) is 9.59. The standard InChI is InChI=1S/C22H23FN4OS/c1-25-10-12-26(13-11-25)21-9-4-17(15-24-21)16-27(19-7-5-18(23)6-8-19)22(28)20-3-2-14-29-20/h2-9,14-15H,10-13,16H2,1H3. The molecular weight excluding hydrogens is 387 g/mol. The van der Waals surface area contributed by atoms with Gasteiger partial charge in [0, 0.05) is 38.1 Å². The Balaban J connectivity index is 1.54. The lowest BCUT2D eigenvalue weighted by atomic mass is 10.2. The third-order valence-electron chi connectivity index (χ3n) is 5.09. The number of amides is 1. The molecule has 1 saturated heterocycles. The van der Waals surface area contributed by atoms with Gasteiger partial charge < -0.3 is 14.7 Å². The Kier molecular flexibility index (Phi) is 5.87. The van der Waals surface area contributed by atoms with Gasteiger partial charge in [0.2, 0.25) is 0 Å². The molecule has 0 spiro atoms. The number of carbonyl (C=O) groups is 1. The van der Waals surface area contributed by atoms with Crippen molar-refractivity contribution >= 4 is 28.7 Å². The maximum Gasteiger partial charge on any atom is 0.268 e.